The molecule has 1 aliphatic heterocycles. The molecule has 4 nitrogen and oxygen atoms in total. The molecule has 1 aliphatic rings. The van der Waals surface area contributed by atoms with Crippen LogP contribution in [-0.2, 0) is 11.3 Å². The summed E-state index contributed by atoms with van der Waals surface area (Å²) in [6, 6.07) is 17.3. The number of aliphatic hydroxyl groups is 1. The summed E-state index contributed by atoms with van der Waals surface area (Å²) in [7, 11) is 0. The summed E-state index contributed by atoms with van der Waals surface area (Å²) in [5.74, 6) is -0.143. The first-order chi connectivity index (χ1) is 12.4. The second-order valence-electron chi connectivity index (χ2n) is 7.20. The average Bonchev–Trinajstić information content (AvgIpc) is 2.60. The smallest absolute Gasteiger partial charge is 0.217 e. The fourth-order valence-corrected chi connectivity index (χ4v) is 3.94. The van der Waals surface area contributed by atoms with Crippen molar-refractivity contribution >= 4 is 17.5 Å². The SMILES string of the molecule is CC(=O)NC1C(c2ccccc2)N(Cc2ccccc2Cl)CCC1(C)O. The number of benzene rings is 2. The zero-order chi connectivity index (χ0) is 18.7. The van der Waals surface area contributed by atoms with Crippen molar-refractivity contribution in [2.24, 2.45) is 0 Å². The zero-order valence-corrected chi connectivity index (χ0v) is 15.9. The standard InChI is InChI=1S/C21H25ClN2O2/c1-15(25)23-20-19(16-8-4-3-5-9-16)24(13-12-21(20,2)26)14-17-10-6-7-11-18(17)22/h3-11,19-20,26H,12-14H2,1-2H3,(H,23,25). The van der Waals surface area contributed by atoms with E-state index in [2.05, 4.69) is 10.2 Å². The number of hydrogen-bond acceptors (Lipinski definition) is 3. The third-order valence-electron chi connectivity index (χ3n) is 5.12. The summed E-state index contributed by atoms with van der Waals surface area (Å²) >= 11 is 6.37. The number of nitrogens with one attached hydrogen (secondary N) is 1. The van der Waals surface area contributed by atoms with Gasteiger partial charge in [-0.3, -0.25) is 9.69 Å². The van der Waals surface area contributed by atoms with Crippen LogP contribution < -0.4 is 5.32 Å². The van der Waals surface area contributed by atoms with E-state index in [4.69, 9.17) is 11.6 Å². The Kier molecular flexibility index (Phi) is 5.66. The Bertz CT molecular complexity index is 764. The third-order valence-corrected chi connectivity index (χ3v) is 5.48. The summed E-state index contributed by atoms with van der Waals surface area (Å²) in [6.45, 7) is 4.67. The van der Waals surface area contributed by atoms with Gasteiger partial charge in [-0.25, -0.2) is 0 Å². The maximum Gasteiger partial charge on any atom is 0.217 e. The van der Waals surface area contributed by atoms with Crippen LogP contribution in [0.5, 0.6) is 0 Å². The minimum absolute atomic E-state index is 0.139. The Labute approximate surface area is 159 Å². The molecule has 1 amide bonds. The molecule has 3 unspecified atom stereocenters. The quantitative estimate of drug-likeness (QED) is 0.863. The molecule has 2 N–H and O–H groups in total. The van der Waals surface area contributed by atoms with E-state index in [1.54, 1.807) is 6.92 Å². The van der Waals surface area contributed by atoms with Crippen molar-refractivity contribution in [1.82, 2.24) is 10.2 Å². The number of nitrogens with zero attached hydrogens (tertiary/aromatic N) is 1. The molecule has 1 saturated heterocycles. The van der Waals surface area contributed by atoms with Gasteiger partial charge in [0, 0.05) is 25.0 Å². The number of carbonyl (C=O) groups excluding carboxylic acids is 1. The lowest BCUT2D eigenvalue weighted by molar-refractivity contribution is -0.126. The highest BCUT2D eigenvalue weighted by atomic mass is 35.5. The predicted molar refractivity (Wildman–Crippen MR) is 104 cm³/mol. The highest BCUT2D eigenvalue weighted by Crippen LogP contribution is 2.38. The van der Waals surface area contributed by atoms with E-state index in [-0.39, 0.29) is 11.9 Å². The fraction of sp³-hybridized carbons (Fsp3) is 0.381. The molecule has 0 aliphatic carbocycles. The second-order valence-corrected chi connectivity index (χ2v) is 7.61. The van der Waals surface area contributed by atoms with E-state index in [1.165, 1.54) is 6.92 Å². The van der Waals surface area contributed by atoms with Crippen molar-refractivity contribution in [2.75, 3.05) is 6.54 Å². The van der Waals surface area contributed by atoms with Crippen LogP contribution in [0.25, 0.3) is 0 Å². The van der Waals surface area contributed by atoms with Crippen LogP contribution >= 0.6 is 11.6 Å². The summed E-state index contributed by atoms with van der Waals surface area (Å²) in [6.07, 6.45) is 0.575. The lowest BCUT2D eigenvalue weighted by atomic mass is 9.79. The molecule has 138 valence electrons. The molecule has 0 radical (unpaired) electrons. The summed E-state index contributed by atoms with van der Waals surface area (Å²) < 4.78 is 0. The first kappa shape index (κ1) is 18.9. The van der Waals surface area contributed by atoms with Crippen molar-refractivity contribution in [1.29, 1.82) is 0 Å². The van der Waals surface area contributed by atoms with E-state index in [0.29, 0.717) is 19.5 Å². The van der Waals surface area contributed by atoms with Gasteiger partial charge in [0.25, 0.3) is 0 Å². The Hall–Kier alpha value is -1.88. The second kappa shape index (κ2) is 7.78. The summed E-state index contributed by atoms with van der Waals surface area (Å²) in [5, 5.41) is 14.7. The Morgan fingerprint density at radius 1 is 1.23 bits per heavy atom. The monoisotopic (exact) mass is 372 g/mol. The molecule has 26 heavy (non-hydrogen) atoms. The highest BCUT2D eigenvalue weighted by Gasteiger charge is 2.45. The summed E-state index contributed by atoms with van der Waals surface area (Å²) in [5.41, 5.74) is 1.12. The van der Waals surface area contributed by atoms with Gasteiger partial charge in [0.15, 0.2) is 0 Å². The molecule has 2 aromatic carbocycles. The first-order valence-electron chi connectivity index (χ1n) is 8.90. The Balaban J connectivity index is 1.99. The topological polar surface area (TPSA) is 52.6 Å². The molecule has 0 bridgehead atoms. The number of rotatable bonds is 4. The molecule has 1 heterocycles. The molecule has 0 aromatic heterocycles. The van der Waals surface area contributed by atoms with Crippen LogP contribution in [0, 0.1) is 0 Å². The van der Waals surface area contributed by atoms with Crippen LogP contribution in [0.15, 0.2) is 54.6 Å². The highest BCUT2D eigenvalue weighted by molar-refractivity contribution is 6.31. The van der Waals surface area contributed by atoms with E-state index in [0.717, 1.165) is 16.1 Å². The molecule has 3 atom stereocenters. The molecular weight excluding hydrogens is 348 g/mol. The molecule has 0 spiro atoms. The lowest BCUT2D eigenvalue weighted by Crippen LogP contribution is -2.62. The van der Waals surface area contributed by atoms with E-state index < -0.39 is 11.6 Å². The average molecular weight is 373 g/mol. The largest absolute Gasteiger partial charge is 0.388 e. The minimum atomic E-state index is -0.983. The van der Waals surface area contributed by atoms with Crippen LogP contribution in [-0.4, -0.2) is 34.1 Å². The third kappa shape index (κ3) is 4.09. The van der Waals surface area contributed by atoms with Crippen molar-refractivity contribution < 1.29 is 9.90 Å². The number of carbonyl (C=O) groups is 1. The van der Waals surface area contributed by atoms with Gasteiger partial charge in [-0.05, 0) is 30.5 Å². The van der Waals surface area contributed by atoms with E-state index in [1.807, 2.05) is 54.6 Å². The minimum Gasteiger partial charge on any atom is -0.388 e. The molecule has 2 aromatic rings. The van der Waals surface area contributed by atoms with Gasteiger partial charge in [-0.1, -0.05) is 60.1 Å². The van der Waals surface area contributed by atoms with E-state index >= 15 is 0 Å². The molecule has 1 fully saturated rings. The van der Waals surface area contributed by atoms with Crippen molar-refractivity contribution in [3.63, 3.8) is 0 Å². The Morgan fingerprint density at radius 3 is 2.54 bits per heavy atom. The molecule has 0 saturated carbocycles. The van der Waals surface area contributed by atoms with Gasteiger partial charge in [0.05, 0.1) is 17.7 Å². The molecular formula is C21H25ClN2O2. The number of amides is 1. The van der Waals surface area contributed by atoms with Gasteiger partial charge in [-0.2, -0.15) is 0 Å². The fourth-order valence-electron chi connectivity index (χ4n) is 3.75. The molecule has 3 rings (SSSR count). The number of likely N-dealkylation sites (tertiary alicyclic amines) is 1. The normalized spacial score (nSPS) is 26.5. The van der Waals surface area contributed by atoms with Gasteiger partial charge >= 0.3 is 0 Å². The van der Waals surface area contributed by atoms with Crippen molar-refractivity contribution in [2.45, 2.75) is 44.5 Å². The van der Waals surface area contributed by atoms with Gasteiger partial charge in [0.1, 0.15) is 0 Å². The predicted octanol–water partition coefficient (Wildman–Crippen LogP) is 3.54. The number of hydrogen-bond donors (Lipinski definition) is 2. The van der Waals surface area contributed by atoms with E-state index in [9.17, 15) is 9.90 Å². The maximum absolute atomic E-state index is 11.8. The van der Waals surface area contributed by atoms with Gasteiger partial charge in [-0.15, -0.1) is 0 Å². The number of halogens is 1. The van der Waals surface area contributed by atoms with Crippen LogP contribution in [0.4, 0.5) is 0 Å². The maximum atomic E-state index is 11.8. The zero-order valence-electron chi connectivity index (χ0n) is 15.2. The van der Waals surface area contributed by atoms with Crippen LogP contribution in [0.1, 0.15) is 37.4 Å². The first-order valence-corrected chi connectivity index (χ1v) is 9.28. The lowest BCUT2D eigenvalue weighted by Gasteiger charge is -2.49. The van der Waals surface area contributed by atoms with Crippen molar-refractivity contribution in [3.05, 3.63) is 70.7 Å². The number of piperidine rings is 1. The Morgan fingerprint density at radius 2 is 1.88 bits per heavy atom. The van der Waals surface area contributed by atoms with Gasteiger partial charge in [0.2, 0.25) is 5.91 Å². The van der Waals surface area contributed by atoms with Gasteiger partial charge < -0.3 is 10.4 Å². The van der Waals surface area contributed by atoms with Crippen LogP contribution in [0.2, 0.25) is 5.02 Å². The molecule has 5 heteroatoms. The van der Waals surface area contributed by atoms with Crippen LogP contribution in [0.3, 0.4) is 0 Å². The summed E-state index contributed by atoms with van der Waals surface area (Å²) in [4.78, 5) is 14.1. The van der Waals surface area contributed by atoms with Crippen molar-refractivity contribution in [3.8, 4) is 0 Å².